The fraction of sp³-hybridized carbons (Fsp3) is 0.500. The first-order valence-electron chi connectivity index (χ1n) is 6.64. The number of benzene rings is 1. The molecule has 3 nitrogen and oxygen atoms in total. The van der Waals surface area contributed by atoms with E-state index < -0.39 is 0 Å². The van der Waals surface area contributed by atoms with Gasteiger partial charge in [0.05, 0.1) is 16.4 Å². The van der Waals surface area contributed by atoms with Gasteiger partial charge in [-0.05, 0) is 25.0 Å². The lowest BCUT2D eigenvalue weighted by Crippen LogP contribution is -2.25. The van der Waals surface area contributed by atoms with Crippen molar-refractivity contribution in [3.63, 3.8) is 0 Å². The van der Waals surface area contributed by atoms with Gasteiger partial charge in [-0.2, -0.15) is 0 Å². The van der Waals surface area contributed by atoms with Crippen LogP contribution in [0.5, 0.6) is 0 Å². The van der Waals surface area contributed by atoms with Gasteiger partial charge in [-0.1, -0.05) is 11.6 Å². The quantitative estimate of drug-likeness (QED) is 0.793. The molecule has 2 heterocycles. The predicted octanol–water partition coefficient (Wildman–Crippen LogP) is 3.40. The molecule has 0 aliphatic carbocycles. The van der Waals surface area contributed by atoms with Crippen LogP contribution in [0, 0.1) is 0 Å². The molecule has 0 atom stereocenters. The number of nitrogens with zero attached hydrogens (tertiary/aromatic N) is 2. The molecule has 1 aromatic rings. The van der Waals surface area contributed by atoms with Crippen LogP contribution in [-0.2, 0) is 4.79 Å². The largest absolute Gasteiger partial charge is 0.370 e. The van der Waals surface area contributed by atoms with E-state index in [0.717, 1.165) is 35.2 Å². The fourth-order valence-electron chi connectivity index (χ4n) is 2.66. The zero-order valence-corrected chi connectivity index (χ0v) is 12.6. The van der Waals surface area contributed by atoms with Crippen molar-refractivity contribution in [2.24, 2.45) is 0 Å². The first kappa shape index (κ1) is 13.1. The summed E-state index contributed by atoms with van der Waals surface area (Å²) in [4.78, 5) is 17.1. The molecule has 0 saturated carbocycles. The highest BCUT2D eigenvalue weighted by Gasteiger charge is 2.23. The van der Waals surface area contributed by atoms with E-state index in [0.29, 0.717) is 6.42 Å². The Kier molecular flexibility index (Phi) is 3.63. The van der Waals surface area contributed by atoms with E-state index in [1.54, 1.807) is 16.7 Å². The number of carbonyl (C=O) groups excluding carboxylic acids is 1. The Morgan fingerprint density at radius 3 is 2.68 bits per heavy atom. The van der Waals surface area contributed by atoms with E-state index in [2.05, 4.69) is 11.0 Å². The number of anilines is 2. The normalized spacial score (nSPS) is 19.6. The Morgan fingerprint density at radius 2 is 1.95 bits per heavy atom. The van der Waals surface area contributed by atoms with Gasteiger partial charge in [0.25, 0.3) is 0 Å². The SMILES string of the molecule is CN1C(=O)CCSc2cc(N3CCCC3)c(Cl)cc21. The lowest BCUT2D eigenvalue weighted by Gasteiger charge is -2.23. The Hall–Kier alpha value is -0.870. The number of halogens is 1. The maximum atomic E-state index is 11.9. The number of thioether (sulfide) groups is 1. The molecule has 1 fully saturated rings. The van der Waals surface area contributed by atoms with E-state index in [-0.39, 0.29) is 5.91 Å². The smallest absolute Gasteiger partial charge is 0.227 e. The summed E-state index contributed by atoms with van der Waals surface area (Å²) in [6.45, 7) is 2.16. The average molecular weight is 297 g/mol. The van der Waals surface area contributed by atoms with Gasteiger partial charge < -0.3 is 9.80 Å². The molecule has 5 heteroatoms. The Morgan fingerprint density at radius 1 is 1.21 bits per heavy atom. The molecule has 1 aromatic carbocycles. The van der Waals surface area contributed by atoms with E-state index in [4.69, 9.17) is 11.6 Å². The molecule has 19 heavy (non-hydrogen) atoms. The van der Waals surface area contributed by atoms with Crippen molar-refractivity contribution in [1.82, 2.24) is 0 Å². The van der Waals surface area contributed by atoms with Crippen LogP contribution in [0.15, 0.2) is 17.0 Å². The van der Waals surface area contributed by atoms with Crippen LogP contribution in [0.25, 0.3) is 0 Å². The van der Waals surface area contributed by atoms with Crippen LogP contribution in [0.4, 0.5) is 11.4 Å². The van der Waals surface area contributed by atoms with Gasteiger partial charge in [0.2, 0.25) is 5.91 Å². The van der Waals surface area contributed by atoms with Gasteiger partial charge in [-0.3, -0.25) is 4.79 Å². The summed E-state index contributed by atoms with van der Waals surface area (Å²) in [5, 5.41) is 0.753. The molecule has 0 radical (unpaired) electrons. The Labute approximate surface area is 122 Å². The summed E-state index contributed by atoms with van der Waals surface area (Å²) in [5.74, 6) is 1.01. The number of hydrogen-bond donors (Lipinski definition) is 0. The second-order valence-electron chi connectivity index (χ2n) is 5.02. The lowest BCUT2D eigenvalue weighted by atomic mass is 10.2. The molecule has 0 unspecified atom stereocenters. The summed E-state index contributed by atoms with van der Waals surface area (Å²) in [6, 6.07) is 4.10. The third-order valence-corrected chi connectivity index (χ3v) is 5.13. The fourth-order valence-corrected chi connectivity index (χ4v) is 3.97. The molecule has 2 aliphatic heterocycles. The number of carbonyl (C=O) groups is 1. The Balaban J connectivity index is 2.02. The molecular weight excluding hydrogens is 280 g/mol. The molecule has 2 aliphatic rings. The number of rotatable bonds is 1. The number of fused-ring (bicyclic) bond motifs is 1. The van der Waals surface area contributed by atoms with Crippen molar-refractivity contribution < 1.29 is 4.79 Å². The van der Waals surface area contributed by atoms with Gasteiger partial charge >= 0.3 is 0 Å². The first-order valence-corrected chi connectivity index (χ1v) is 8.01. The van der Waals surface area contributed by atoms with Crippen molar-refractivity contribution in [3.8, 4) is 0 Å². The van der Waals surface area contributed by atoms with Crippen LogP contribution in [0.3, 0.4) is 0 Å². The van der Waals surface area contributed by atoms with Crippen LogP contribution in [0.2, 0.25) is 5.02 Å². The topological polar surface area (TPSA) is 23.6 Å². The summed E-state index contributed by atoms with van der Waals surface area (Å²) in [7, 11) is 1.83. The minimum absolute atomic E-state index is 0.163. The summed E-state index contributed by atoms with van der Waals surface area (Å²) >= 11 is 8.17. The van der Waals surface area contributed by atoms with Gasteiger partial charge in [0.15, 0.2) is 0 Å². The summed E-state index contributed by atoms with van der Waals surface area (Å²) in [6.07, 6.45) is 3.06. The summed E-state index contributed by atoms with van der Waals surface area (Å²) in [5.41, 5.74) is 2.06. The van der Waals surface area contributed by atoms with Crippen LogP contribution in [-0.4, -0.2) is 31.8 Å². The molecule has 1 amide bonds. The third-order valence-electron chi connectivity index (χ3n) is 3.78. The van der Waals surface area contributed by atoms with Crippen LogP contribution >= 0.6 is 23.4 Å². The molecule has 0 spiro atoms. The van der Waals surface area contributed by atoms with E-state index in [1.165, 1.54) is 17.7 Å². The molecule has 102 valence electrons. The zero-order chi connectivity index (χ0) is 13.4. The van der Waals surface area contributed by atoms with E-state index in [1.807, 2.05) is 13.1 Å². The highest BCUT2D eigenvalue weighted by atomic mass is 35.5. The number of amides is 1. The number of hydrogen-bond acceptors (Lipinski definition) is 3. The van der Waals surface area contributed by atoms with Gasteiger partial charge in [-0.25, -0.2) is 0 Å². The lowest BCUT2D eigenvalue weighted by molar-refractivity contribution is -0.117. The predicted molar refractivity (Wildman–Crippen MR) is 81.7 cm³/mol. The van der Waals surface area contributed by atoms with Crippen molar-refractivity contribution in [1.29, 1.82) is 0 Å². The molecule has 0 bridgehead atoms. The minimum atomic E-state index is 0.163. The van der Waals surface area contributed by atoms with E-state index >= 15 is 0 Å². The maximum absolute atomic E-state index is 11.9. The molecule has 3 rings (SSSR count). The van der Waals surface area contributed by atoms with Crippen molar-refractivity contribution in [2.45, 2.75) is 24.2 Å². The highest BCUT2D eigenvalue weighted by molar-refractivity contribution is 7.99. The monoisotopic (exact) mass is 296 g/mol. The molecule has 1 saturated heterocycles. The molecule has 0 aromatic heterocycles. The summed E-state index contributed by atoms with van der Waals surface area (Å²) < 4.78 is 0. The maximum Gasteiger partial charge on any atom is 0.227 e. The second kappa shape index (κ2) is 5.25. The van der Waals surface area contributed by atoms with Crippen molar-refractivity contribution >= 4 is 40.6 Å². The molecular formula is C14H17ClN2OS. The highest BCUT2D eigenvalue weighted by Crippen LogP contribution is 2.41. The minimum Gasteiger partial charge on any atom is -0.370 e. The van der Waals surface area contributed by atoms with E-state index in [9.17, 15) is 4.79 Å². The van der Waals surface area contributed by atoms with Gasteiger partial charge in [0.1, 0.15) is 0 Å². The molecule has 0 N–H and O–H groups in total. The third kappa shape index (κ3) is 2.43. The van der Waals surface area contributed by atoms with Gasteiger partial charge in [-0.15, -0.1) is 11.8 Å². The standard InChI is InChI=1S/C14H17ClN2OS/c1-16-12-8-10(15)11(17-5-2-3-6-17)9-13(12)19-7-4-14(16)18/h8-9H,2-7H2,1H3. The van der Waals surface area contributed by atoms with Crippen molar-refractivity contribution in [3.05, 3.63) is 17.2 Å². The van der Waals surface area contributed by atoms with Crippen LogP contribution in [0.1, 0.15) is 19.3 Å². The zero-order valence-electron chi connectivity index (χ0n) is 11.0. The second-order valence-corrected chi connectivity index (χ2v) is 6.56. The van der Waals surface area contributed by atoms with Crippen molar-refractivity contribution in [2.75, 3.05) is 35.7 Å². The van der Waals surface area contributed by atoms with Gasteiger partial charge in [0, 0.05) is 37.2 Å². The first-order chi connectivity index (χ1) is 9.16. The average Bonchev–Trinajstić information content (AvgIpc) is 2.88. The van der Waals surface area contributed by atoms with Crippen LogP contribution < -0.4 is 9.80 Å². The Bertz CT molecular complexity index is 514.